The second-order valence-corrected chi connectivity index (χ2v) is 9.83. The fraction of sp³-hybridized carbons (Fsp3) is 0.308. The molecule has 8 nitrogen and oxygen atoms in total. The van der Waals surface area contributed by atoms with Gasteiger partial charge in [0.05, 0.1) is 16.7 Å². The van der Waals surface area contributed by atoms with E-state index in [1.807, 2.05) is 55.9 Å². The minimum atomic E-state index is -0.483. The summed E-state index contributed by atoms with van der Waals surface area (Å²) in [7, 11) is 0. The highest BCUT2D eigenvalue weighted by Gasteiger charge is 2.20. The smallest absolute Gasteiger partial charge is 0.293 e. The van der Waals surface area contributed by atoms with Crippen molar-refractivity contribution in [2.24, 2.45) is 0 Å². The maximum atomic E-state index is 12.9. The number of amides is 1. The van der Waals surface area contributed by atoms with E-state index in [9.17, 15) is 14.9 Å². The molecule has 0 bridgehead atoms. The molecule has 2 aromatic carbocycles. The summed E-state index contributed by atoms with van der Waals surface area (Å²) in [6.07, 6.45) is 1.68. The zero-order valence-electron chi connectivity index (χ0n) is 19.9. The second kappa shape index (κ2) is 11.3. The number of rotatable bonds is 8. The highest BCUT2D eigenvalue weighted by atomic mass is 32.2. The highest BCUT2D eigenvalue weighted by Crippen LogP contribution is 2.29. The van der Waals surface area contributed by atoms with Gasteiger partial charge in [-0.1, -0.05) is 18.2 Å². The van der Waals surface area contributed by atoms with Crippen LogP contribution in [0.25, 0.3) is 0 Å². The summed E-state index contributed by atoms with van der Waals surface area (Å²) in [6.45, 7) is 6.91. The maximum Gasteiger partial charge on any atom is 0.293 e. The average Bonchev–Trinajstić information content (AvgIpc) is 2.87. The van der Waals surface area contributed by atoms with E-state index in [-0.39, 0.29) is 23.2 Å². The largest absolute Gasteiger partial charge is 0.371 e. The molecule has 1 atom stereocenters. The number of thioether (sulfide) groups is 1. The molecular weight excluding hydrogens is 462 g/mol. The number of nitro benzene ring substituents is 1. The molecule has 1 aliphatic heterocycles. The SMILES string of the molecule is Cc1cc(CN2CCSCC2)ccc1NC(=O)c1ccc(NC(C)c2ccccn2)c([N+](=O)[O-])c1. The van der Waals surface area contributed by atoms with Crippen molar-refractivity contribution in [3.05, 3.63) is 93.3 Å². The summed E-state index contributed by atoms with van der Waals surface area (Å²) in [5.41, 5.74) is 4.03. The van der Waals surface area contributed by atoms with Gasteiger partial charge in [-0.15, -0.1) is 0 Å². The van der Waals surface area contributed by atoms with Crippen molar-refractivity contribution in [3.8, 4) is 0 Å². The first-order valence-corrected chi connectivity index (χ1v) is 12.7. The van der Waals surface area contributed by atoms with Crippen LogP contribution in [0.3, 0.4) is 0 Å². The van der Waals surface area contributed by atoms with E-state index in [0.29, 0.717) is 11.4 Å². The Morgan fingerprint density at radius 2 is 1.91 bits per heavy atom. The quantitative estimate of drug-likeness (QED) is 0.327. The van der Waals surface area contributed by atoms with Gasteiger partial charge in [-0.25, -0.2) is 0 Å². The third-order valence-electron chi connectivity index (χ3n) is 6.01. The van der Waals surface area contributed by atoms with Crippen LogP contribution >= 0.6 is 11.8 Å². The molecule has 4 rings (SSSR count). The van der Waals surface area contributed by atoms with Crippen molar-refractivity contribution in [1.82, 2.24) is 9.88 Å². The zero-order chi connectivity index (χ0) is 24.8. The number of hydrogen-bond donors (Lipinski definition) is 2. The summed E-state index contributed by atoms with van der Waals surface area (Å²) in [5, 5.41) is 17.8. The molecule has 9 heteroatoms. The Kier molecular flexibility index (Phi) is 7.99. The van der Waals surface area contributed by atoms with Crippen LogP contribution in [0.4, 0.5) is 17.1 Å². The summed E-state index contributed by atoms with van der Waals surface area (Å²) < 4.78 is 0. The number of nitrogens with one attached hydrogen (secondary N) is 2. The Morgan fingerprint density at radius 3 is 2.60 bits per heavy atom. The molecule has 1 saturated heterocycles. The fourth-order valence-electron chi connectivity index (χ4n) is 4.06. The molecule has 0 radical (unpaired) electrons. The number of aromatic nitrogens is 1. The zero-order valence-corrected chi connectivity index (χ0v) is 20.7. The number of anilines is 2. The second-order valence-electron chi connectivity index (χ2n) is 8.60. The first kappa shape index (κ1) is 24.7. The first-order chi connectivity index (χ1) is 16.9. The number of nitro groups is 1. The lowest BCUT2D eigenvalue weighted by Gasteiger charge is -2.26. The van der Waals surface area contributed by atoms with Gasteiger partial charge in [0.15, 0.2) is 0 Å². The molecule has 182 valence electrons. The van der Waals surface area contributed by atoms with Crippen LogP contribution in [0.5, 0.6) is 0 Å². The van der Waals surface area contributed by atoms with Crippen LogP contribution < -0.4 is 10.6 Å². The Labute approximate surface area is 209 Å². The lowest BCUT2D eigenvalue weighted by Crippen LogP contribution is -2.31. The van der Waals surface area contributed by atoms with E-state index in [2.05, 4.69) is 26.6 Å². The summed E-state index contributed by atoms with van der Waals surface area (Å²) in [5.74, 6) is 1.94. The Bertz CT molecular complexity index is 1200. The van der Waals surface area contributed by atoms with Crippen LogP contribution in [-0.2, 0) is 6.54 Å². The molecule has 1 aliphatic rings. The molecule has 1 aromatic heterocycles. The molecule has 0 spiro atoms. The minimum absolute atomic E-state index is 0.160. The molecule has 35 heavy (non-hydrogen) atoms. The maximum absolute atomic E-state index is 12.9. The standard InChI is InChI=1S/C26H29N5O3S/c1-18-15-20(17-30-11-13-35-14-12-30)6-8-22(18)29-26(32)21-7-9-24(25(16-21)31(33)34)28-19(2)23-5-3-4-10-27-23/h3-10,15-16,19,28H,11-14,17H2,1-2H3,(H,29,32). The number of benzene rings is 2. The van der Waals surface area contributed by atoms with Crippen molar-refractivity contribution in [2.45, 2.75) is 26.4 Å². The summed E-state index contributed by atoms with van der Waals surface area (Å²) in [6, 6.07) is 15.8. The average molecular weight is 492 g/mol. The van der Waals surface area contributed by atoms with Gasteiger partial charge in [-0.3, -0.25) is 24.8 Å². The van der Waals surface area contributed by atoms with Gasteiger partial charge in [0.25, 0.3) is 11.6 Å². The van der Waals surface area contributed by atoms with Crippen LogP contribution in [0.1, 0.15) is 40.1 Å². The van der Waals surface area contributed by atoms with Crippen molar-refractivity contribution in [2.75, 3.05) is 35.2 Å². The number of hydrogen-bond acceptors (Lipinski definition) is 7. The Balaban J connectivity index is 1.46. The molecule has 2 heterocycles. The summed E-state index contributed by atoms with van der Waals surface area (Å²) in [4.78, 5) is 30.9. The monoisotopic (exact) mass is 491 g/mol. The highest BCUT2D eigenvalue weighted by molar-refractivity contribution is 7.99. The van der Waals surface area contributed by atoms with Crippen molar-refractivity contribution >= 4 is 34.7 Å². The van der Waals surface area contributed by atoms with Gasteiger partial charge in [0, 0.05) is 54.7 Å². The first-order valence-electron chi connectivity index (χ1n) is 11.6. The third kappa shape index (κ3) is 6.37. The molecule has 0 aliphatic carbocycles. The van der Waals surface area contributed by atoms with Crippen LogP contribution in [0.15, 0.2) is 60.8 Å². The van der Waals surface area contributed by atoms with E-state index >= 15 is 0 Å². The molecule has 2 N–H and O–H groups in total. The number of nitrogens with zero attached hydrogens (tertiary/aromatic N) is 3. The molecule has 1 unspecified atom stereocenters. The van der Waals surface area contributed by atoms with Gasteiger partial charge >= 0.3 is 0 Å². The van der Waals surface area contributed by atoms with Crippen LogP contribution in [0.2, 0.25) is 0 Å². The molecule has 0 saturated carbocycles. The van der Waals surface area contributed by atoms with Crippen molar-refractivity contribution < 1.29 is 9.72 Å². The normalized spacial score (nSPS) is 14.8. The van der Waals surface area contributed by atoms with Gasteiger partial charge in [0.2, 0.25) is 0 Å². The summed E-state index contributed by atoms with van der Waals surface area (Å²) >= 11 is 1.99. The molecule has 1 amide bonds. The lowest BCUT2D eigenvalue weighted by atomic mass is 10.1. The van der Waals surface area contributed by atoms with E-state index in [1.54, 1.807) is 18.3 Å². The van der Waals surface area contributed by atoms with E-state index in [0.717, 1.165) is 42.4 Å². The van der Waals surface area contributed by atoms with Crippen LogP contribution in [-0.4, -0.2) is 45.3 Å². The predicted molar refractivity (Wildman–Crippen MR) is 141 cm³/mol. The minimum Gasteiger partial charge on any atom is -0.371 e. The van der Waals surface area contributed by atoms with Crippen LogP contribution in [0, 0.1) is 17.0 Å². The van der Waals surface area contributed by atoms with Crippen molar-refractivity contribution in [3.63, 3.8) is 0 Å². The third-order valence-corrected chi connectivity index (χ3v) is 6.95. The lowest BCUT2D eigenvalue weighted by molar-refractivity contribution is -0.384. The number of pyridine rings is 1. The number of carbonyl (C=O) groups excluding carboxylic acids is 1. The van der Waals surface area contributed by atoms with Gasteiger partial charge in [0.1, 0.15) is 5.69 Å². The number of carbonyl (C=O) groups is 1. The molecular formula is C26H29N5O3S. The predicted octanol–water partition coefficient (Wildman–Crippen LogP) is 5.27. The van der Waals surface area contributed by atoms with Gasteiger partial charge in [-0.2, -0.15) is 11.8 Å². The molecule has 1 fully saturated rings. The molecule has 3 aromatic rings. The van der Waals surface area contributed by atoms with Gasteiger partial charge in [-0.05, 0) is 55.3 Å². The number of aryl methyl sites for hydroxylation is 1. The Hall–Kier alpha value is -3.43. The Morgan fingerprint density at radius 1 is 1.14 bits per heavy atom. The van der Waals surface area contributed by atoms with Gasteiger partial charge < -0.3 is 10.6 Å². The van der Waals surface area contributed by atoms with E-state index in [4.69, 9.17) is 0 Å². The fourth-order valence-corrected chi connectivity index (χ4v) is 5.04. The topological polar surface area (TPSA) is 100 Å². The van der Waals surface area contributed by atoms with E-state index < -0.39 is 4.92 Å². The van der Waals surface area contributed by atoms with E-state index in [1.165, 1.54) is 11.6 Å². The van der Waals surface area contributed by atoms with Crippen molar-refractivity contribution in [1.29, 1.82) is 0 Å².